The molecule has 0 spiro atoms. The maximum Gasteiger partial charge on any atom is 0.307 e. The van der Waals surface area contributed by atoms with Crippen molar-refractivity contribution in [1.82, 2.24) is 38.2 Å². The van der Waals surface area contributed by atoms with E-state index >= 15 is 0 Å². The predicted octanol–water partition coefficient (Wildman–Crippen LogP) is 5.04. The average molecular weight is 800 g/mol. The Kier molecular flexibility index (Phi) is 10.1. The molecule has 2 N–H and O–H groups in total. The van der Waals surface area contributed by atoms with Crippen molar-refractivity contribution in [3.05, 3.63) is 103 Å². The summed E-state index contributed by atoms with van der Waals surface area (Å²) in [6, 6.07) is 14.6. The summed E-state index contributed by atoms with van der Waals surface area (Å²) in [5, 5.41) is 29.0. The van der Waals surface area contributed by atoms with E-state index in [4.69, 9.17) is 33.4 Å². The molecule has 0 bridgehead atoms. The van der Waals surface area contributed by atoms with E-state index in [1.165, 1.54) is 0 Å². The lowest BCUT2D eigenvalue weighted by Gasteiger charge is -2.17. The summed E-state index contributed by atoms with van der Waals surface area (Å²) < 4.78 is 6.52. The van der Waals surface area contributed by atoms with E-state index in [-0.39, 0.29) is 23.0 Å². The van der Waals surface area contributed by atoms with Crippen molar-refractivity contribution in [2.45, 2.75) is 39.8 Å². The highest BCUT2D eigenvalue weighted by Gasteiger charge is 2.29. The normalized spacial score (nSPS) is 17.8. The number of fused-ring (bicyclic) bond motifs is 2. The van der Waals surface area contributed by atoms with Gasteiger partial charge in [0, 0.05) is 85.3 Å². The Balaban J connectivity index is 1.06. The van der Waals surface area contributed by atoms with Crippen molar-refractivity contribution in [1.29, 1.82) is 0 Å². The van der Waals surface area contributed by atoms with Crippen LogP contribution in [0.5, 0.6) is 0 Å². The van der Waals surface area contributed by atoms with E-state index in [0.717, 1.165) is 11.4 Å². The number of likely N-dealkylation sites (tertiary alicyclic amines) is 2. The Labute approximate surface area is 330 Å². The summed E-state index contributed by atoms with van der Waals surface area (Å²) in [6.45, 7) is 8.01. The van der Waals surface area contributed by atoms with E-state index in [1.807, 2.05) is 50.2 Å². The zero-order chi connectivity index (χ0) is 39.4. The molecular weight excluding hydrogens is 759 g/mol. The van der Waals surface area contributed by atoms with E-state index in [9.17, 15) is 29.4 Å². The predicted molar refractivity (Wildman–Crippen MR) is 213 cm³/mol. The molecule has 2 saturated heterocycles. The number of aromatic nitrogens is 6. The first-order valence-electron chi connectivity index (χ1n) is 18.6. The minimum atomic E-state index is -0.786. The molecular formula is C40H40Cl2N8O6. The molecule has 0 saturated carbocycles. The van der Waals surface area contributed by atoms with Crippen LogP contribution in [-0.4, -0.2) is 99.6 Å². The zero-order valence-corrected chi connectivity index (χ0v) is 32.4. The highest BCUT2D eigenvalue weighted by atomic mass is 35.5. The lowest BCUT2D eigenvalue weighted by molar-refractivity contribution is -0.142. The molecule has 2 atom stereocenters. The number of hydrogen-bond acceptors (Lipinski definition) is 8. The monoisotopic (exact) mass is 798 g/mol. The van der Waals surface area contributed by atoms with E-state index in [2.05, 4.69) is 9.80 Å². The summed E-state index contributed by atoms with van der Waals surface area (Å²) in [5.74, 6) is -2.33. The van der Waals surface area contributed by atoms with Gasteiger partial charge < -0.3 is 29.1 Å². The third-order valence-electron chi connectivity index (χ3n) is 11.2. The standard InChI is InChI=1S/C40H40Cl2N8O6/c1-23-19-49-33(37(51)47(23)15-13-45-11-9-25(21-45)39(53)54)17-31(43-49)29-7-3-5-27(35(29)41)28-6-4-8-30(36(28)42)32-18-34-38(52)48(24(2)20-50(34)44-32)16-14-46-12-10-26(22-46)40(55)56/h3-8,17-20,25-26H,9-16,21-22H2,1-2H3,(H,53,54)(H,55,56)/t25-,26-/m0/s1. The smallest absolute Gasteiger partial charge is 0.307 e. The van der Waals surface area contributed by atoms with Gasteiger partial charge in [-0.25, -0.2) is 9.03 Å². The molecule has 16 heteroatoms. The van der Waals surface area contributed by atoms with E-state index in [1.54, 1.807) is 42.7 Å². The molecule has 290 valence electrons. The van der Waals surface area contributed by atoms with Gasteiger partial charge in [0.15, 0.2) is 0 Å². The molecule has 2 aromatic carbocycles. The number of carboxylic acid groups (broad SMARTS) is 2. The molecule has 2 aliphatic rings. The molecule has 14 nitrogen and oxygen atoms in total. The number of aryl methyl sites for hydroxylation is 2. The van der Waals surface area contributed by atoms with Crippen molar-refractivity contribution in [3.63, 3.8) is 0 Å². The molecule has 0 aliphatic carbocycles. The second-order valence-electron chi connectivity index (χ2n) is 14.8. The van der Waals surface area contributed by atoms with Gasteiger partial charge in [-0.2, -0.15) is 10.2 Å². The average Bonchev–Trinajstić information content (AvgIpc) is 3.99. The first-order chi connectivity index (χ1) is 26.9. The first-order valence-corrected chi connectivity index (χ1v) is 19.3. The van der Waals surface area contributed by atoms with Crippen LogP contribution in [-0.2, 0) is 22.7 Å². The van der Waals surface area contributed by atoms with Crippen LogP contribution in [0.4, 0.5) is 0 Å². The maximum atomic E-state index is 13.7. The Morgan fingerprint density at radius 1 is 0.661 bits per heavy atom. The second kappa shape index (κ2) is 15.0. The number of halogens is 2. The van der Waals surface area contributed by atoms with Crippen LogP contribution < -0.4 is 11.1 Å². The Bertz CT molecular complexity index is 2480. The Morgan fingerprint density at radius 2 is 1.05 bits per heavy atom. The van der Waals surface area contributed by atoms with Gasteiger partial charge in [-0.3, -0.25) is 19.2 Å². The second-order valence-corrected chi connectivity index (χ2v) is 15.5. The van der Waals surface area contributed by atoms with Gasteiger partial charge in [0.05, 0.1) is 33.3 Å². The highest BCUT2D eigenvalue weighted by molar-refractivity contribution is 6.39. The summed E-state index contributed by atoms with van der Waals surface area (Å²) in [4.78, 5) is 54.3. The number of benzene rings is 2. The highest BCUT2D eigenvalue weighted by Crippen LogP contribution is 2.42. The van der Waals surface area contributed by atoms with Crippen molar-refractivity contribution in [2.24, 2.45) is 11.8 Å². The molecule has 4 aromatic heterocycles. The fourth-order valence-corrected chi connectivity index (χ4v) is 8.70. The Morgan fingerprint density at radius 3 is 1.43 bits per heavy atom. The third kappa shape index (κ3) is 6.91. The van der Waals surface area contributed by atoms with Crippen LogP contribution in [0.1, 0.15) is 24.2 Å². The van der Waals surface area contributed by atoms with Crippen LogP contribution in [0, 0.1) is 25.7 Å². The minimum Gasteiger partial charge on any atom is -0.481 e. The molecule has 56 heavy (non-hydrogen) atoms. The quantitative estimate of drug-likeness (QED) is 0.182. The SMILES string of the molecule is Cc1cn2nc(-c3cccc(-c4cccc(-c5cc6c(=O)n(CCN7CC[C@H](C(=O)O)C7)c(C)cn6n5)c4Cl)c3Cl)cc2c(=O)n1CCN1CC[C@H](C(=O)O)C1. The molecule has 8 rings (SSSR count). The minimum absolute atomic E-state index is 0.198. The van der Waals surface area contributed by atoms with Gasteiger partial charge in [0.2, 0.25) is 0 Å². The van der Waals surface area contributed by atoms with Gasteiger partial charge in [-0.05, 0) is 51.9 Å². The van der Waals surface area contributed by atoms with Crippen LogP contribution >= 0.6 is 23.2 Å². The number of aliphatic carboxylic acids is 2. The van der Waals surface area contributed by atoms with Gasteiger partial charge >= 0.3 is 11.9 Å². The van der Waals surface area contributed by atoms with Crippen LogP contribution in [0.15, 0.2) is 70.5 Å². The van der Waals surface area contributed by atoms with E-state index < -0.39 is 11.9 Å². The lowest BCUT2D eigenvalue weighted by atomic mass is 9.98. The lowest BCUT2D eigenvalue weighted by Crippen LogP contribution is -2.32. The van der Waals surface area contributed by atoms with Gasteiger partial charge in [-0.15, -0.1) is 0 Å². The Hall–Kier alpha value is -5.28. The molecule has 2 fully saturated rings. The number of carboxylic acids is 2. The molecule has 6 aromatic rings. The summed E-state index contributed by atoms with van der Waals surface area (Å²) in [6.07, 6.45) is 4.81. The van der Waals surface area contributed by atoms with Crippen LogP contribution in [0.2, 0.25) is 10.0 Å². The van der Waals surface area contributed by atoms with Gasteiger partial charge in [0.25, 0.3) is 11.1 Å². The fourth-order valence-electron chi connectivity index (χ4n) is 8.05. The number of hydrogen-bond donors (Lipinski definition) is 2. The summed E-state index contributed by atoms with van der Waals surface area (Å²) in [5.41, 5.74) is 5.41. The van der Waals surface area contributed by atoms with Crippen molar-refractivity contribution in [2.75, 3.05) is 39.3 Å². The first kappa shape index (κ1) is 37.6. The van der Waals surface area contributed by atoms with Gasteiger partial charge in [0.1, 0.15) is 11.0 Å². The summed E-state index contributed by atoms with van der Waals surface area (Å²) >= 11 is 14.2. The number of rotatable bonds is 11. The molecule has 0 radical (unpaired) electrons. The maximum absolute atomic E-state index is 13.7. The van der Waals surface area contributed by atoms with Crippen molar-refractivity contribution < 1.29 is 19.8 Å². The van der Waals surface area contributed by atoms with Crippen LogP contribution in [0.25, 0.3) is 44.7 Å². The summed E-state index contributed by atoms with van der Waals surface area (Å²) in [7, 11) is 0. The van der Waals surface area contributed by atoms with Crippen molar-refractivity contribution in [3.8, 4) is 33.6 Å². The number of carbonyl (C=O) groups is 2. The fraction of sp³-hybridized carbons (Fsp3) is 0.350. The topological polar surface area (TPSA) is 160 Å². The zero-order valence-electron chi connectivity index (χ0n) is 30.9. The molecule has 0 amide bonds. The van der Waals surface area contributed by atoms with Crippen molar-refractivity contribution >= 4 is 46.2 Å². The van der Waals surface area contributed by atoms with E-state index in [0.29, 0.717) is 120 Å². The van der Waals surface area contributed by atoms with Crippen LogP contribution in [0.3, 0.4) is 0 Å². The molecule has 6 heterocycles. The third-order valence-corrected chi connectivity index (χ3v) is 12.0. The molecule has 2 aliphatic heterocycles. The van der Waals surface area contributed by atoms with Gasteiger partial charge in [-0.1, -0.05) is 59.6 Å². The largest absolute Gasteiger partial charge is 0.481 e. The molecule has 0 unspecified atom stereocenters. The number of nitrogens with zero attached hydrogens (tertiary/aromatic N) is 8.